The molecule has 1 amide bonds. The number of H-pyrrole nitrogens is 1. The van der Waals surface area contributed by atoms with E-state index in [1.54, 1.807) is 31.8 Å². The monoisotopic (exact) mass is 378 g/mol. The maximum absolute atomic E-state index is 12.7. The predicted molar refractivity (Wildman–Crippen MR) is 105 cm³/mol. The van der Waals surface area contributed by atoms with E-state index >= 15 is 0 Å². The number of hydrogen-bond donors (Lipinski definition) is 2. The molecule has 0 radical (unpaired) electrons. The molecule has 1 atom stereocenters. The molecule has 8 nitrogen and oxygen atoms in total. The van der Waals surface area contributed by atoms with E-state index in [1.165, 1.54) is 0 Å². The summed E-state index contributed by atoms with van der Waals surface area (Å²) in [5.74, 6) is 1.46. The van der Waals surface area contributed by atoms with Gasteiger partial charge in [0.1, 0.15) is 17.3 Å². The largest absolute Gasteiger partial charge is 0.497 e. The minimum absolute atomic E-state index is 0.0518. The van der Waals surface area contributed by atoms with Crippen LogP contribution in [0.15, 0.2) is 48.9 Å². The summed E-state index contributed by atoms with van der Waals surface area (Å²) in [6.07, 6.45) is 7.01. The summed E-state index contributed by atoms with van der Waals surface area (Å²) in [6, 6.07) is 9.38. The number of carbonyl (C=O) groups excluding carboxylic acids is 1. The van der Waals surface area contributed by atoms with Crippen LogP contribution in [0.1, 0.15) is 23.3 Å². The summed E-state index contributed by atoms with van der Waals surface area (Å²) in [7, 11) is 1.63. The summed E-state index contributed by atoms with van der Waals surface area (Å²) >= 11 is 0. The molecule has 0 saturated carbocycles. The quantitative estimate of drug-likeness (QED) is 0.707. The topological polar surface area (TPSA) is 96.0 Å². The molecule has 1 aliphatic rings. The van der Waals surface area contributed by atoms with Crippen LogP contribution in [0.4, 0.5) is 5.82 Å². The zero-order valence-corrected chi connectivity index (χ0v) is 15.6. The summed E-state index contributed by atoms with van der Waals surface area (Å²) in [5, 5.41) is 10.2. The van der Waals surface area contributed by atoms with E-state index in [-0.39, 0.29) is 11.9 Å². The fraction of sp³-hybridized carbons (Fsp3) is 0.300. The van der Waals surface area contributed by atoms with Crippen molar-refractivity contribution in [3.63, 3.8) is 0 Å². The first-order valence-corrected chi connectivity index (χ1v) is 9.24. The number of methoxy groups -OCH3 is 1. The molecule has 1 aliphatic heterocycles. The van der Waals surface area contributed by atoms with E-state index in [9.17, 15) is 4.79 Å². The molecule has 0 bridgehead atoms. The molecule has 144 valence electrons. The number of ether oxygens (including phenoxy) is 1. The maximum Gasteiger partial charge on any atom is 0.269 e. The van der Waals surface area contributed by atoms with Crippen LogP contribution in [0.2, 0.25) is 0 Å². The maximum atomic E-state index is 12.7. The SMILES string of the molecule is COc1ccc(-c2cc(C(=O)N[C@@H]3CCCN(c4cnccn4)C3)[nH]n2)cc1. The summed E-state index contributed by atoms with van der Waals surface area (Å²) < 4.78 is 5.17. The van der Waals surface area contributed by atoms with Crippen LogP contribution in [-0.4, -0.2) is 52.3 Å². The van der Waals surface area contributed by atoms with Crippen molar-refractivity contribution >= 4 is 11.7 Å². The number of hydrogen-bond acceptors (Lipinski definition) is 6. The van der Waals surface area contributed by atoms with Crippen LogP contribution in [0.3, 0.4) is 0 Å². The minimum Gasteiger partial charge on any atom is -0.497 e. The number of rotatable bonds is 5. The highest BCUT2D eigenvalue weighted by Gasteiger charge is 2.23. The Kier molecular flexibility index (Phi) is 5.18. The molecule has 0 aliphatic carbocycles. The Morgan fingerprint density at radius 2 is 2.14 bits per heavy atom. The lowest BCUT2D eigenvalue weighted by molar-refractivity contribution is 0.0928. The first-order chi connectivity index (χ1) is 13.7. The number of anilines is 1. The molecule has 0 spiro atoms. The fourth-order valence-electron chi connectivity index (χ4n) is 3.37. The number of aromatic amines is 1. The van der Waals surface area contributed by atoms with Gasteiger partial charge in [0.25, 0.3) is 5.91 Å². The Bertz CT molecular complexity index is 925. The first-order valence-electron chi connectivity index (χ1n) is 9.24. The van der Waals surface area contributed by atoms with E-state index in [0.717, 1.165) is 42.2 Å². The van der Waals surface area contributed by atoms with Crippen molar-refractivity contribution in [1.82, 2.24) is 25.5 Å². The molecule has 2 aromatic heterocycles. The first kappa shape index (κ1) is 18.0. The highest BCUT2D eigenvalue weighted by molar-refractivity contribution is 5.93. The average Bonchev–Trinajstić information content (AvgIpc) is 3.25. The lowest BCUT2D eigenvalue weighted by atomic mass is 10.1. The third-order valence-electron chi connectivity index (χ3n) is 4.84. The second kappa shape index (κ2) is 8.08. The molecule has 4 rings (SSSR count). The van der Waals surface area contributed by atoms with E-state index in [4.69, 9.17) is 4.74 Å². The summed E-state index contributed by atoms with van der Waals surface area (Å²) in [4.78, 5) is 23.3. The predicted octanol–water partition coefficient (Wildman–Crippen LogP) is 2.27. The Labute approximate surface area is 163 Å². The number of nitrogens with one attached hydrogen (secondary N) is 2. The molecular formula is C20H22N6O2. The number of amides is 1. The van der Waals surface area contributed by atoms with Gasteiger partial charge < -0.3 is 15.0 Å². The number of benzene rings is 1. The van der Waals surface area contributed by atoms with Crippen LogP contribution in [0.25, 0.3) is 11.3 Å². The highest BCUT2D eigenvalue weighted by atomic mass is 16.5. The van der Waals surface area contributed by atoms with Crippen LogP contribution in [-0.2, 0) is 0 Å². The van der Waals surface area contributed by atoms with Gasteiger partial charge in [-0.2, -0.15) is 5.10 Å². The van der Waals surface area contributed by atoms with Crippen LogP contribution in [0.5, 0.6) is 5.75 Å². The van der Waals surface area contributed by atoms with E-state index in [0.29, 0.717) is 12.2 Å². The molecule has 28 heavy (non-hydrogen) atoms. The molecule has 1 aromatic carbocycles. The number of carbonyl (C=O) groups is 1. The van der Waals surface area contributed by atoms with Crippen molar-refractivity contribution in [3.8, 4) is 17.0 Å². The molecule has 0 unspecified atom stereocenters. The fourth-order valence-corrected chi connectivity index (χ4v) is 3.37. The molecule has 2 N–H and O–H groups in total. The second-order valence-electron chi connectivity index (χ2n) is 6.72. The molecule has 1 saturated heterocycles. The van der Waals surface area contributed by atoms with Gasteiger partial charge in [-0.3, -0.25) is 14.9 Å². The third-order valence-corrected chi connectivity index (χ3v) is 4.84. The summed E-state index contributed by atoms with van der Waals surface area (Å²) in [6.45, 7) is 1.63. The van der Waals surface area contributed by atoms with Gasteiger partial charge in [-0.25, -0.2) is 4.98 Å². The zero-order chi connectivity index (χ0) is 19.3. The average molecular weight is 378 g/mol. The molecule has 3 heterocycles. The van der Waals surface area contributed by atoms with Crippen molar-refractivity contribution in [2.24, 2.45) is 0 Å². The van der Waals surface area contributed by atoms with Gasteiger partial charge in [0, 0.05) is 37.1 Å². The van der Waals surface area contributed by atoms with Crippen molar-refractivity contribution in [2.45, 2.75) is 18.9 Å². The Hall–Kier alpha value is -3.42. The smallest absolute Gasteiger partial charge is 0.269 e. The van der Waals surface area contributed by atoms with Crippen molar-refractivity contribution in [3.05, 3.63) is 54.6 Å². The van der Waals surface area contributed by atoms with Gasteiger partial charge in [-0.1, -0.05) is 0 Å². The van der Waals surface area contributed by atoms with Crippen molar-refractivity contribution in [2.75, 3.05) is 25.1 Å². The number of aromatic nitrogens is 4. The molecule has 1 fully saturated rings. The van der Waals surface area contributed by atoms with Crippen molar-refractivity contribution < 1.29 is 9.53 Å². The second-order valence-corrected chi connectivity index (χ2v) is 6.72. The minimum atomic E-state index is -0.154. The standard InChI is InChI=1S/C20H22N6O2/c1-28-16-6-4-14(5-7-16)17-11-18(25-24-17)20(27)23-15-3-2-10-26(13-15)19-12-21-8-9-22-19/h4-9,11-12,15H,2-3,10,13H2,1H3,(H,23,27)(H,24,25)/t15-/m1/s1. The number of nitrogens with zero attached hydrogens (tertiary/aromatic N) is 4. The highest BCUT2D eigenvalue weighted by Crippen LogP contribution is 2.21. The lowest BCUT2D eigenvalue weighted by Crippen LogP contribution is -2.48. The molecule has 3 aromatic rings. The lowest BCUT2D eigenvalue weighted by Gasteiger charge is -2.33. The van der Waals surface area contributed by atoms with Gasteiger partial charge in [0.15, 0.2) is 0 Å². The van der Waals surface area contributed by atoms with Gasteiger partial charge in [-0.15, -0.1) is 0 Å². The Morgan fingerprint density at radius 3 is 2.89 bits per heavy atom. The third kappa shape index (κ3) is 3.95. The number of piperidine rings is 1. The van der Waals surface area contributed by atoms with E-state index < -0.39 is 0 Å². The molecule has 8 heteroatoms. The van der Waals surface area contributed by atoms with E-state index in [2.05, 4.69) is 30.4 Å². The van der Waals surface area contributed by atoms with Gasteiger partial charge in [-0.05, 0) is 43.2 Å². The Balaban J connectivity index is 1.40. The normalized spacial score (nSPS) is 16.6. The van der Waals surface area contributed by atoms with Gasteiger partial charge in [0.05, 0.1) is 19.0 Å². The van der Waals surface area contributed by atoms with Gasteiger partial charge >= 0.3 is 0 Å². The van der Waals surface area contributed by atoms with Gasteiger partial charge in [0.2, 0.25) is 0 Å². The van der Waals surface area contributed by atoms with Crippen LogP contribution >= 0.6 is 0 Å². The summed E-state index contributed by atoms with van der Waals surface area (Å²) in [5.41, 5.74) is 2.09. The van der Waals surface area contributed by atoms with Crippen molar-refractivity contribution in [1.29, 1.82) is 0 Å². The molecular weight excluding hydrogens is 356 g/mol. The van der Waals surface area contributed by atoms with Crippen LogP contribution < -0.4 is 15.0 Å². The Morgan fingerprint density at radius 1 is 1.29 bits per heavy atom. The van der Waals surface area contributed by atoms with E-state index in [1.807, 2.05) is 24.3 Å². The van der Waals surface area contributed by atoms with Crippen LogP contribution in [0, 0.1) is 0 Å². The zero-order valence-electron chi connectivity index (χ0n) is 15.6.